The van der Waals surface area contributed by atoms with E-state index in [1.54, 1.807) is 6.26 Å². The average molecular weight is 250 g/mol. The molecule has 0 bridgehead atoms. The van der Waals surface area contributed by atoms with E-state index in [0.717, 1.165) is 34.8 Å². The van der Waals surface area contributed by atoms with Gasteiger partial charge in [-0.05, 0) is 30.2 Å². The first-order chi connectivity index (χ1) is 8.20. The fraction of sp³-hybridized carbons (Fsp3) is 0.286. The van der Waals surface area contributed by atoms with E-state index in [9.17, 15) is 0 Å². The van der Waals surface area contributed by atoms with Crippen molar-refractivity contribution in [1.82, 2.24) is 0 Å². The Bertz CT molecular complexity index is 492. The van der Waals surface area contributed by atoms with E-state index >= 15 is 0 Å². The second-order valence-electron chi connectivity index (χ2n) is 4.09. The van der Waals surface area contributed by atoms with Crippen LogP contribution in [0.2, 0.25) is 5.02 Å². The van der Waals surface area contributed by atoms with E-state index in [-0.39, 0.29) is 6.04 Å². The molecule has 1 aromatic heterocycles. The Labute approximate surface area is 106 Å². The van der Waals surface area contributed by atoms with Gasteiger partial charge in [0.2, 0.25) is 0 Å². The van der Waals surface area contributed by atoms with Crippen molar-refractivity contribution < 1.29 is 4.42 Å². The molecule has 90 valence electrons. The zero-order chi connectivity index (χ0) is 12.3. The van der Waals surface area contributed by atoms with Gasteiger partial charge in [-0.3, -0.25) is 0 Å². The molecule has 0 radical (unpaired) electrons. The third-order valence-corrected chi connectivity index (χ3v) is 3.08. The molecule has 1 atom stereocenters. The van der Waals surface area contributed by atoms with Crippen LogP contribution in [0, 0.1) is 0 Å². The quantitative estimate of drug-likeness (QED) is 0.897. The minimum Gasteiger partial charge on any atom is -0.469 e. The molecular weight excluding hydrogens is 234 g/mol. The van der Waals surface area contributed by atoms with Crippen molar-refractivity contribution in [2.24, 2.45) is 5.73 Å². The first-order valence-corrected chi connectivity index (χ1v) is 6.14. The molecule has 1 heterocycles. The first kappa shape index (κ1) is 12.2. The van der Waals surface area contributed by atoms with Gasteiger partial charge in [-0.2, -0.15) is 0 Å². The molecule has 0 aliphatic carbocycles. The summed E-state index contributed by atoms with van der Waals surface area (Å²) < 4.78 is 5.39. The monoisotopic (exact) mass is 249 g/mol. The third kappa shape index (κ3) is 2.90. The molecule has 2 aromatic rings. The summed E-state index contributed by atoms with van der Waals surface area (Å²) in [6.45, 7) is 2.06. The van der Waals surface area contributed by atoms with Crippen molar-refractivity contribution >= 4 is 11.6 Å². The lowest BCUT2D eigenvalue weighted by Crippen LogP contribution is -2.14. The van der Waals surface area contributed by atoms with Gasteiger partial charge in [0, 0.05) is 23.0 Å². The second-order valence-corrected chi connectivity index (χ2v) is 4.53. The molecule has 0 saturated carbocycles. The standard InChI is InChI=1S/C14H16ClNO/c1-2-14-12(6-7-17-14)13(16)9-10-4-3-5-11(15)8-10/h3-8,13H,2,9,16H2,1H3. The van der Waals surface area contributed by atoms with Gasteiger partial charge in [0.15, 0.2) is 0 Å². The Morgan fingerprint density at radius 1 is 1.35 bits per heavy atom. The summed E-state index contributed by atoms with van der Waals surface area (Å²) in [5.74, 6) is 0.972. The second kappa shape index (κ2) is 5.39. The third-order valence-electron chi connectivity index (χ3n) is 2.85. The van der Waals surface area contributed by atoms with Gasteiger partial charge >= 0.3 is 0 Å². The number of hydrogen-bond donors (Lipinski definition) is 1. The van der Waals surface area contributed by atoms with Crippen molar-refractivity contribution in [3.05, 3.63) is 58.5 Å². The molecule has 0 fully saturated rings. The van der Waals surface area contributed by atoms with Gasteiger partial charge in [0.25, 0.3) is 0 Å². The number of aryl methyl sites for hydroxylation is 1. The number of hydrogen-bond acceptors (Lipinski definition) is 2. The number of furan rings is 1. The Morgan fingerprint density at radius 3 is 2.88 bits per heavy atom. The van der Waals surface area contributed by atoms with E-state index in [0.29, 0.717) is 0 Å². The van der Waals surface area contributed by atoms with Crippen LogP contribution in [-0.2, 0) is 12.8 Å². The maximum Gasteiger partial charge on any atom is 0.108 e. The van der Waals surface area contributed by atoms with Crippen molar-refractivity contribution in [1.29, 1.82) is 0 Å². The predicted molar refractivity (Wildman–Crippen MR) is 70.2 cm³/mol. The molecule has 2 N–H and O–H groups in total. The highest BCUT2D eigenvalue weighted by atomic mass is 35.5. The SMILES string of the molecule is CCc1occc1C(N)Cc1cccc(Cl)c1. The molecule has 0 aliphatic heterocycles. The zero-order valence-electron chi connectivity index (χ0n) is 9.82. The van der Waals surface area contributed by atoms with Gasteiger partial charge in [-0.1, -0.05) is 30.7 Å². The molecule has 0 amide bonds. The van der Waals surface area contributed by atoms with E-state index in [2.05, 4.69) is 6.92 Å². The minimum absolute atomic E-state index is 0.0397. The molecule has 17 heavy (non-hydrogen) atoms. The molecule has 1 aromatic carbocycles. The lowest BCUT2D eigenvalue weighted by molar-refractivity contribution is 0.505. The fourth-order valence-electron chi connectivity index (χ4n) is 2.00. The maximum absolute atomic E-state index is 6.19. The van der Waals surface area contributed by atoms with Gasteiger partial charge in [-0.25, -0.2) is 0 Å². The van der Waals surface area contributed by atoms with Gasteiger partial charge < -0.3 is 10.2 Å². The van der Waals surface area contributed by atoms with Crippen molar-refractivity contribution in [2.45, 2.75) is 25.8 Å². The Balaban J connectivity index is 2.14. The molecule has 3 heteroatoms. The summed E-state index contributed by atoms with van der Waals surface area (Å²) in [7, 11) is 0. The molecule has 0 saturated heterocycles. The number of halogens is 1. The average Bonchev–Trinajstić information content (AvgIpc) is 2.77. The fourth-order valence-corrected chi connectivity index (χ4v) is 2.21. The van der Waals surface area contributed by atoms with E-state index in [1.165, 1.54) is 0 Å². The highest BCUT2D eigenvalue weighted by Gasteiger charge is 2.13. The minimum atomic E-state index is -0.0397. The zero-order valence-corrected chi connectivity index (χ0v) is 10.6. The molecule has 1 unspecified atom stereocenters. The van der Waals surface area contributed by atoms with Crippen LogP contribution in [0.5, 0.6) is 0 Å². The van der Waals surface area contributed by atoms with Crippen LogP contribution >= 0.6 is 11.6 Å². The molecular formula is C14H16ClNO. The van der Waals surface area contributed by atoms with Crippen LogP contribution in [0.15, 0.2) is 41.0 Å². The van der Waals surface area contributed by atoms with E-state index in [1.807, 2.05) is 30.3 Å². The van der Waals surface area contributed by atoms with Crippen molar-refractivity contribution in [3.63, 3.8) is 0 Å². The molecule has 2 rings (SSSR count). The number of benzene rings is 1. The highest BCUT2D eigenvalue weighted by Crippen LogP contribution is 2.22. The Kier molecular flexibility index (Phi) is 3.87. The Morgan fingerprint density at radius 2 is 2.18 bits per heavy atom. The normalized spacial score (nSPS) is 12.6. The maximum atomic E-state index is 6.19. The van der Waals surface area contributed by atoms with Crippen LogP contribution in [0.4, 0.5) is 0 Å². The van der Waals surface area contributed by atoms with Crippen LogP contribution in [0.1, 0.15) is 29.9 Å². The number of rotatable bonds is 4. The van der Waals surface area contributed by atoms with E-state index < -0.39 is 0 Å². The largest absolute Gasteiger partial charge is 0.469 e. The lowest BCUT2D eigenvalue weighted by Gasteiger charge is -2.11. The predicted octanol–water partition coefficient (Wildman–Crippen LogP) is 3.74. The van der Waals surface area contributed by atoms with Crippen LogP contribution < -0.4 is 5.73 Å². The van der Waals surface area contributed by atoms with Crippen LogP contribution in [-0.4, -0.2) is 0 Å². The van der Waals surface area contributed by atoms with Crippen LogP contribution in [0.25, 0.3) is 0 Å². The van der Waals surface area contributed by atoms with Gasteiger partial charge in [0.05, 0.1) is 6.26 Å². The molecule has 0 spiro atoms. The molecule has 2 nitrogen and oxygen atoms in total. The summed E-state index contributed by atoms with van der Waals surface area (Å²) in [6, 6.07) is 9.72. The van der Waals surface area contributed by atoms with Crippen molar-refractivity contribution in [2.75, 3.05) is 0 Å². The smallest absolute Gasteiger partial charge is 0.108 e. The van der Waals surface area contributed by atoms with Gasteiger partial charge in [-0.15, -0.1) is 0 Å². The summed E-state index contributed by atoms with van der Waals surface area (Å²) in [5.41, 5.74) is 8.43. The summed E-state index contributed by atoms with van der Waals surface area (Å²) >= 11 is 5.95. The summed E-state index contributed by atoms with van der Waals surface area (Å²) in [6.07, 6.45) is 3.34. The Hall–Kier alpha value is -1.25. The highest BCUT2D eigenvalue weighted by molar-refractivity contribution is 6.30. The molecule has 0 aliphatic rings. The van der Waals surface area contributed by atoms with Gasteiger partial charge in [0.1, 0.15) is 5.76 Å². The first-order valence-electron chi connectivity index (χ1n) is 5.77. The van der Waals surface area contributed by atoms with Crippen LogP contribution in [0.3, 0.4) is 0 Å². The van der Waals surface area contributed by atoms with E-state index in [4.69, 9.17) is 21.8 Å². The summed E-state index contributed by atoms with van der Waals surface area (Å²) in [5, 5.41) is 0.748. The number of nitrogens with two attached hydrogens (primary N) is 1. The lowest BCUT2D eigenvalue weighted by atomic mass is 9.99. The summed E-state index contributed by atoms with van der Waals surface area (Å²) in [4.78, 5) is 0. The topological polar surface area (TPSA) is 39.2 Å². The van der Waals surface area contributed by atoms with Crippen molar-refractivity contribution in [3.8, 4) is 0 Å².